The molecule has 1 N–H and O–H groups in total. The second kappa shape index (κ2) is 10.9. The van der Waals surface area contributed by atoms with Crippen molar-refractivity contribution in [3.05, 3.63) is 72.1 Å². The SMILES string of the molecule is COc1ncc(-c2ccccc2CC2CCCC(c3ccc(OCCC(F)(F)F)cc3)N2)cn1. The molecule has 1 saturated heterocycles. The third kappa shape index (κ3) is 6.47. The van der Waals surface area contributed by atoms with E-state index in [4.69, 9.17) is 9.47 Å². The van der Waals surface area contributed by atoms with Crippen LogP contribution < -0.4 is 14.8 Å². The van der Waals surface area contributed by atoms with Crippen LogP contribution in [0.2, 0.25) is 0 Å². The molecule has 0 radical (unpaired) electrons. The van der Waals surface area contributed by atoms with Crippen LogP contribution in [0.5, 0.6) is 11.8 Å². The molecule has 2 aromatic carbocycles. The predicted octanol–water partition coefficient (Wildman–Crippen LogP) is 5.91. The maximum absolute atomic E-state index is 12.3. The summed E-state index contributed by atoms with van der Waals surface area (Å²) >= 11 is 0. The van der Waals surface area contributed by atoms with Crippen LogP contribution in [-0.4, -0.2) is 35.9 Å². The number of rotatable bonds is 8. The third-order valence-electron chi connectivity index (χ3n) is 6.02. The predicted molar refractivity (Wildman–Crippen MR) is 124 cm³/mol. The lowest BCUT2D eigenvalue weighted by Crippen LogP contribution is -2.38. The highest BCUT2D eigenvalue weighted by atomic mass is 19.4. The molecule has 180 valence electrons. The highest BCUT2D eigenvalue weighted by molar-refractivity contribution is 5.66. The second-order valence-electron chi connectivity index (χ2n) is 8.45. The minimum Gasteiger partial charge on any atom is -0.493 e. The van der Waals surface area contributed by atoms with E-state index in [2.05, 4.69) is 27.4 Å². The van der Waals surface area contributed by atoms with Crippen molar-refractivity contribution in [3.63, 3.8) is 0 Å². The van der Waals surface area contributed by atoms with E-state index in [1.54, 1.807) is 31.6 Å². The summed E-state index contributed by atoms with van der Waals surface area (Å²) in [5.41, 5.74) is 4.40. The summed E-state index contributed by atoms with van der Waals surface area (Å²) in [5.74, 6) is 0.455. The molecular weight excluding hydrogens is 443 g/mol. The highest BCUT2D eigenvalue weighted by Crippen LogP contribution is 2.31. The van der Waals surface area contributed by atoms with Crippen molar-refractivity contribution in [1.82, 2.24) is 15.3 Å². The average Bonchev–Trinajstić information content (AvgIpc) is 2.84. The summed E-state index contributed by atoms with van der Waals surface area (Å²) in [6.45, 7) is -0.370. The van der Waals surface area contributed by atoms with Crippen LogP contribution in [0.3, 0.4) is 0 Å². The number of hydrogen-bond donors (Lipinski definition) is 1. The van der Waals surface area contributed by atoms with Crippen LogP contribution in [0.15, 0.2) is 60.9 Å². The Hall–Kier alpha value is -3.13. The Morgan fingerprint density at radius 3 is 2.44 bits per heavy atom. The van der Waals surface area contributed by atoms with E-state index in [-0.39, 0.29) is 12.6 Å². The Morgan fingerprint density at radius 1 is 1.00 bits per heavy atom. The number of nitrogens with one attached hydrogen (secondary N) is 1. The van der Waals surface area contributed by atoms with Crippen molar-refractivity contribution < 1.29 is 22.6 Å². The molecule has 1 aromatic heterocycles. The van der Waals surface area contributed by atoms with Gasteiger partial charge in [-0.1, -0.05) is 36.4 Å². The van der Waals surface area contributed by atoms with Crippen LogP contribution in [0.4, 0.5) is 13.2 Å². The number of methoxy groups -OCH3 is 1. The van der Waals surface area contributed by atoms with Crippen molar-refractivity contribution in [2.45, 2.75) is 50.4 Å². The molecule has 34 heavy (non-hydrogen) atoms. The number of piperidine rings is 1. The Bertz CT molecular complexity index is 1060. The zero-order chi connectivity index (χ0) is 24.0. The van der Waals surface area contributed by atoms with Gasteiger partial charge in [-0.3, -0.25) is 0 Å². The number of benzene rings is 2. The van der Waals surface area contributed by atoms with Gasteiger partial charge in [-0.25, -0.2) is 9.97 Å². The van der Waals surface area contributed by atoms with E-state index in [9.17, 15) is 13.2 Å². The van der Waals surface area contributed by atoms with Gasteiger partial charge in [0.05, 0.1) is 20.1 Å². The van der Waals surface area contributed by atoms with Gasteiger partial charge < -0.3 is 14.8 Å². The molecule has 0 spiro atoms. The van der Waals surface area contributed by atoms with Gasteiger partial charge in [-0.05, 0) is 54.5 Å². The standard InChI is InChI=1S/C26H28F3N3O2/c1-33-25-30-16-20(17-31-25)23-7-3-2-5-19(23)15-21-6-4-8-24(32-21)18-9-11-22(12-10-18)34-14-13-26(27,28)29/h2-3,5,7,9-12,16-17,21,24,32H,4,6,8,13-15H2,1H3. The Balaban J connectivity index is 1.39. The fraction of sp³-hybridized carbons (Fsp3) is 0.385. The normalized spacial score (nSPS) is 18.5. The first-order valence-corrected chi connectivity index (χ1v) is 11.4. The van der Waals surface area contributed by atoms with Crippen molar-refractivity contribution in [1.29, 1.82) is 0 Å². The quantitative estimate of drug-likeness (QED) is 0.443. The first-order valence-electron chi connectivity index (χ1n) is 11.4. The van der Waals surface area contributed by atoms with Gasteiger partial charge in [-0.2, -0.15) is 13.2 Å². The monoisotopic (exact) mass is 471 g/mol. The van der Waals surface area contributed by atoms with E-state index in [0.29, 0.717) is 17.8 Å². The molecule has 0 saturated carbocycles. The second-order valence-corrected chi connectivity index (χ2v) is 8.45. The van der Waals surface area contributed by atoms with Crippen molar-refractivity contribution in [3.8, 4) is 22.9 Å². The molecule has 8 heteroatoms. The van der Waals surface area contributed by atoms with Crippen LogP contribution in [0.1, 0.15) is 42.9 Å². The number of nitrogens with zero attached hydrogens (tertiary/aromatic N) is 2. The molecule has 0 bridgehead atoms. The molecule has 1 aliphatic heterocycles. The molecule has 1 aliphatic rings. The lowest BCUT2D eigenvalue weighted by atomic mass is 9.88. The molecule has 4 rings (SSSR count). The van der Waals surface area contributed by atoms with Gasteiger partial charge in [0.2, 0.25) is 0 Å². The lowest BCUT2D eigenvalue weighted by Gasteiger charge is -2.32. The Kier molecular flexibility index (Phi) is 7.67. The maximum Gasteiger partial charge on any atom is 0.392 e. The number of aromatic nitrogens is 2. The maximum atomic E-state index is 12.3. The highest BCUT2D eigenvalue weighted by Gasteiger charge is 2.27. The van der Waals surface area contributed by atoms with Gasteiger partial charge >= 0.3 is 12.2 Å². The lowest BCUT2D eigenvalue weighted by molar-refractivity contribution is -0.139. The summed E-state index contributed by atoms with van der Waals surface area (Å²) in [6, 6.07) is 16.5. The smallest absolute Gasteiger partial charge is 0.392 e. The van der Waals surface area contributed by atoms with E-state index < -0.39 is 12.6 Å². The first kappa shape index (κ1) is 24.0. The van der Waals surface area contributed by atoms with Crippen LogP contribution in [-0.2, 0) is 6.42 Å². The zero-order valence-corrected chi connectivity index (χ0v) is 19.0. The molecule has 1 fully saturated rings. The number of halogens is 3. The summed E-state index contributed by atoms with van der Waals surface area (Å²) < 4.78 is 47.2. The summed E-state index contributed by atoms with van der Waals surface area (Å²) in [4.78, 5) is 8.47. The first-order chi connectivity index (χ1) is 16.4. The number of ether oxygens (including phenoxy) is 2. The van der Waals surface area contributed by atoms with E-state index >= 15 is 0 Å². The summed E-state index contributed by atoms with van der Waals surface area (Å²) in [5, 5.41) is 3.76. The largest absolute Gasteiger partial charge is 0.493 e. The van der Waals surface area contributed by atoms with Gasteiger partial charge in [0.25, 0.3) is 0 Å². The molecule has 2 atom stereocenters. The fourth-order valence-electron chi connectivity index (χ4n) is 4.33. The van der Waals surface area contributed by atoms with E-state index in [1.807, 2.05) is 24.3 Å². The zero-order valence-electron chi connectivity index (χ0n) is 19.0. The molecule has 0 amide bonds. The van der Waals surface area contributed by atoms with Gasteiger partial charge in [-0.15, -0.1) is 0 Å². The van der Waals surface area contributed by atoms with Crippen molar-refractivity contribution >= 4 is 0 Å². The van der Waals surface area contributed by atoms with Gasteiger partial charge in [0, 0.05) is 30.0 Å². The molecule has 2 heterocycles. The fourth-order valence-corrected chi connectivity index (χ4v) is 4.33. The van der Waals surface area contributed by atoms with Crippen LogP contribution >= 0.6 is 0 Å². The van der Waals surface area contributed by atoms with Crippen molar-refractivity contribution in [2.75, 3.05) is 13.7 Å². The van der Waals surface area contributed by atoms with Gasteiger partial charge in [0.15, 0.2) is 0 Å². The number of alkyl halides is 3. The van der Waals surface area contributed by atoms with E-state index in [0.717, 1.165) is 42.4 Å². The Morgan fingerprint density at radius 2 is 1.74 bits per heavy atom. The number of hydrogen-bond acceptors (Lipinski definition) is 5. The molecule has 2 unspecified atom stereocenters. The summed E-state index contributed by atoms with van der Waals surface area (Å²) in [7, 11) is 1.54. The van der Waals surface area contributed by atoms with Crippen LogP contribution in [0, 0.1) is 0 Å². The minimum absolute atomic E-state index is 0.194. The summed E-state index contributed by atoms with van der Waals surface area (Å²) in [6.07, 6.45) is 2.45. The molecular formula is C26H28F3N3O2. The van der Waals surface area contributed by atoms with Crippen LogP contribution in [0.25, 0.3) is 11.1 Å². The molecule has 3 aromatic rings. The topological polar surface area (TPSA) is 56.3 Å². The Labute approximate surface area is 197 Å². The molecule has 0 aliphatic carbocycles. The van der Waals surface area contributed by atoms with E-state index in [1.165, 1.54) is 5.56 Å². The van der Waals surface area contributed by atoms with Gasteiger partial charge in [0.1, 0.15) is 5.75 Å². The third-order valence-corrected chi connectivity index (χ3v) is 6.02. The average molecular weight is 472 g/mol. The van der Waals surface area contributed by atoms with Crippen molar-refractivity contribution in [2.24, 2.45) is 0 Å². The minimum atomic E-state index is -4.21. The molecule has 5 nitrogen and oxygen atoms in total.